The van der Waals surface area contributed by atoms with Gasteiger partial charge in [-0.25, -0.2) is 4.90 Å². The van der Waals surface area contributed by atoms with Crippen molar-refractivity contribution in [1.82, 2.24) is 0 Å². The number of hydrogen-bond donors (Lipinski definition) is 1. The summed E-state index contributed by atoms with van der Waals surface area (Å²) in [5.41, 5.74) is 2.66. The van der Waals surface area contributed by atoms with Crippen molar-refractivity contribution in [2.75, 3.05) is 16.8 Å². The molecule has 32 heavy (non-hydrogen) atoms. The summed E-state index contributed by atoms with van der Waals surface area (Å²) in [7, 11) is 0. The number of benzene rings is 3. The van der Waals surface area contributed by atoms with E-state index in [0.29, 0.717) is 22.9 Å². The molecule has 0 saturated heterocycles. The molecule has 3 aromatic carbocycles. The van der Waals surface area contributed by atoms with E-state index in [1.54, 1.807) is 24.3 Å². The van der Waals surface area contributed by atoms with Gasteiger partial charge in [-0.1, -0.05) is 29.5 Å². The molecule has 162 valence electrons. The highest BCUT2D eigenvalue weighted by Crippen LogP contribution is 2.38. The van der Waals surface area contributed by atoms with Crippen LogP contribution in [0.15, 0.2) is 88.3 Å². The summed E-state index contributed by atoms with van der Waals surface area (Å²) in [5, 5.41) is 3.18. The molecule has 1 aliphatic rings. The monoisotopic (exact) mass is 556 g/mol. The summed E-state index contributed by atoms with van der Waals surface area (Å²) < 4.78 is 6.57. The van der Waals surface area contributed by atoms with Crippen LogP contribution in [0.4, 0.5) is 11.4 Å². The molecular weight excluding hydrogens is 535 g/mol. The molecule has 0 radical (unpaired) electrons. The van der Waals surface area contributed by atoms with Crippen molar-refractivity contribution < 1.29 is 14.3 Å². The molecule has 0 bridgehead atoms. The zero-order valence-electron chi connectivity index (χ0n) is 17.6. The standard InChI is InChI=1S/C25H21IN2O3S/c1-3-31-20-12-10-19(11-13-20)28-24(29)22(27-18-8-6-17(26)7-9-18)23(25(28)30)32-21-14-4-16(2)5-15-21/h4-15,27H,3H2,1-2H3. The number of aryl methyl sites for hydroxylation is 1. The molecule has 0 unspecified atom stereocenters. The molecule has 1 heterocycles. The lowest BCUT2D eigenvalue weighted by Gasteiger charge is -2.16. The molecule has 7 heteroatoms. The highest BCUT2D eigenvalue weighted by molar-refractivity contribution is 14.1. The molecule has 0 atom stereocenters. The quantitative estimate of drug-likeness (QED) is 0.287. The lowest BCUT2D eigenvalue weighted by atomic mass is 10.2. The SMILES string of the molecule is CCOc1ccc(N2C(=O)C(Nc3ccc(I)cc3)=C(Sc3ccc(C)cc3)C2=O)cc1. The molecule has 5 nitrogen and oxygen atoms in total. The van der Waals surface area contributed by atoms with Gasteiger partial charge in [0, 0.05) is 14.2 Å². The summed E-state index contributed by atoms with van der Waals surface area (Å²) in [6, 6.07) is 22.5. The Hall–Kier alpha value is -2.78. The average molecular weight is 556 g/mol. The molecule has 1 aliphatic heterocycles. The molecular formula is C25H21IN2O3S. The topological polar surface area (TPSA) is 58.6 Å². The molecule has 4 rings (SSSR count). The van der Waals surface area contributed by atoms with Crippen LogP contribution in [0, 0.1) is 10.5 Å². The van der Waals surface area contributed by atoms with Crippen LogP contribution in [0.3, 0.4) is 0 Å². The number of carbonyl (C=O) groups excluding carboxylic acids is 2. The Kier molecular flexibility index (Phi) is 6.86. The van der Waals surface area contributed by atoms with Gasteiger partial charge >= 0.3 is 0 Å². The van der Waals surface area contributed by atoms with Gasteiger partial charge in [0.1, 0.15) is 16.4 Å². The van der Waals surface area contributed by atoms with E-state index in [2.05, 4.69) is 27.9 Å². The summed E-state index contributed by atoms with van der Waals surface area (Å²) in [6.07, 6.45) is 0. The maximum Gasteiger partial charge on any atom is 0.283 e. The van der Waals surface area contributed by atoms with Crippen LogP contribution in [-0.4, -0.2) is 18.4 Å². The maximum absolute atomic E-state index is 13.4. The second-order valence-electron chi connectivity index (χ2n) is 7.12. The number of halogens is 1. The van der Waals surface area contributed by atoms with Crippen molar-refractivity contribution in [2.24, 2.45) is 0 Å². The van der Waals surface area contributed by atoms with Crippen LogP contribution in [0.5, 0.6) is 5.75 Å². The van der Waals surface area contributed by atoms with E-state index < -0.39 is 0 Å². The van der Waals surface area contributed by atoms with Crippen molar-refractivity contribution in [3.63, 3.8) is 0 Å². The summed E-state index contributed by atoms with van der Waals surface area (Å²) in [4.78, 5) is 29.3. The highest BCUT2D eigenvalue weighted by Gasteiger charge is 2.40. The lowest BCUT2D eigenvalue weighted by Crippen LogP contribution is -2.32. The van der Waals surface area contributed by atoms with E-state index in [9.17, 15) is 9.59 Å². The molecule has 0 aromatic heterocycles. The van der Waals surface area contributed by atoms with E-state index >= 15 is 0 Å². The van der Waals surface area contributed by atoms with Gasteiger partial charge in [-0.2, -0.15) is 0 Å². The minimum absolute atomic E-state index is 0.274. The molecule has 0 fully saturated rings. The number of rotatable bonds is 7. The Bertz CT molecular complexity index is 1100. The number of nitrogens with one attached hydrogen (secondary N) is 1. The van der Waals surface area contributed by atoms with Crippen LogP contribution in [-0.2, 0) is 9.59 Å². The fourth-order valence-electron chi connectivity index (χ4n) is 3.21. The van der Waals surface area contributed by atoms with Crippen molar-refractivity contribution in [1.29, 1.82) is 0 Å². The van der Waals surface area contributed by atoms with Crippen LogP contribution in [0.25, 0.3) is 0 Å². The summed E-state index contributed by atoms with van der Waals surface area (Å²) in [5.74, 6) is -0.0418. The van der Waals surface area contributed by atoms with Crippen molar-refractivity contribution >= 4 is 57.5 Å². The van der Waals surface area contributed by atoms with Crippen molar-refractivity contribution in [3.05, 3.63) is 92.5 Å². The van der Waals surface area contributed by atoms with Gasteiger partial charge in [-0.05, 0) is 97.1 Å². The summed E-state index contributed by atoms with van der Waals surface area (Å²) in [6.45, 7) is 4.46. The van der Waals surface area contributed by atoms with Crippen molar-refractivity contribution in [3.8, 4) is 5.75 Å². The second kappa shape index (κ2) is 9.79. The number of nitrogens with zero attached hydrogens (tertiary/aromatic N) is 1. The Morgan fingerprint density at radius 2 is 1.56 bits per heavy atom. The van der Waals surface area contributed by atoms with Crippen LogP contribution in [0.2, 0.25) is 0 Å². The smallest absolute Gasteiger partial charge is 0.283 e. The molecule has 0 spiro atoms. The minimum atomic E-state index is -0.382. The number of imide groups is 1. The van der Waals surface area contributed by atoms with Gasteiger partial charge < -0.3 is 10.1 Å². The first-order valence-electron chi connectivity index (χ1n) is 10.1. The van der Waals surface area contributed by atoms with Gasteiger partial charge in [0.25, 0.3) is 11.8 Å². The Balaban J connectivity index is 1.69. The fraction of sp³-hybridized carbons (Fsp3) is 0.120. The van der Waals surface area contributed by atoms with Crippen LogP contribution < -0.4 is 15.0 Å². The first-order valence-corrected chi connectivity index (χ1v) is 12.0. The third kappa shape index (κ3) is 4.83. The average Bonchev–Trinajstić information content (AvgIpc) is 3.01. The molecule has 0 saturated carbocycles. The van der Waals surface area contributed by atoms with E-state index in [0.717, 1.165) is 19.7 Å². The normalized spacial score (nSPS) is 13.7. The summed E-state index contributed by atoms with van der Waals surface area (Å²) >= 11 is 3.52. The second-order valence-corrected chi connectivity index (χ2v) is 9.45. The zero-order chi connectivity index (χ0) is 22.7. The third-order valence-corrected chi connectivity index (χ3v) is 6.61. The van der Waals surface area contributed by atoms with E-state index in [-0.39, 0.29) is 17.5 Å². The van der Waals surface area contributed by atoms with Crippen LogP contribution >= 0.6 is 34.4 Å². The number of anilines is 2. The Morgan fingerprint density at radius 3 is 2.19 bits per heavy atom. The van der Waals surface area contributed by atoms with Gasteiger partial charge in [0.05, 0.1) is 12.3 Å². The Labute approximate surface area is 205 Å². The Morgan fingerprint density at radius 1 is 0.906 bits per heavy atom. The lowest BCUT2D eigenvalue weighted by molar-refractivity contribution is -0.120. The number of thioether (sulfide) groups is 1. The number of amides is 2. The highest BCUT2D eigenvalue weighted by atomic mass is 127. The predicted octanol–water partition coefficient (Wildman–Crippen LogP) is 5.99. The predicted molar refractivity (Wildman–Crippen MR) is 137 cm³/mol. The third-order valence-electron chi connectivity index (χ3n) is 4.80. The number of ether oxygens (including phenoxy) is 1. The van der Waals surface area contributed by atoms with Crippen LogP contribution in [0.1, 0.15) is 12.5 Å². The number of carbonyl (C=O) groups is 2. The van der Waals surface area contributed by atoms with Gasteiger partial charge in [0.2, 0.25) is 0 Å². The molecule has 1 N–H and O–H groups in total. The largest absolute Gasteiger partial charge is 0.494 e. The fourth-order valence-corrected chi connectivity index (χ4v) is 4.50. The number of hydrogen-bond acceptors (Lipinski definition) is 5. The molecule has 0 aliphatic carbocycles. The molecule has 3 aromatic rings. The van der Waals surface area contributed by atoms with E-state index in [4.69, 9.17) is 4.74 Å². The van der Waals surface area contributed by atoms with E-state index in [1.165, 1.54) is 16.7 Å². The van der Waals surface area contributed by atoms with Gasteiger partial charge in [-0.3, -0.25) is 9.59 Å². The van der Waals surface area contributed by atoms with Gasteiger partial charge in [0.15, 0.2) is 0 Å². The van der Waals surface area contributed by atoms with Crippen molar-refractivity contribution in [2.45, 2.75) is 18.7 Å². The zero-order valence-corrected chi connectivity index (χ0v) is 20.6. The first-order chi connectivity index (χ1) is 15.5. The maximum atomic E-state index is 13.4. The molecule has 2 amide bonds. The first kappa shape index (κ1) is 22.4. The van der Waals surface area contributed by atoms with Gasteiger partial charge in [-0.15, -0.1) is 0 Å². The van der Waals surface area contributed by atoms with E-state index in [1.807, 2.05) is 62.4 Å². The minimum Gasteiger partial charge on any atom is -0.494 e.